The molecule has 1 aromatic rings. The SMILES string of the molecule is CC(C)C(N)CCN(C)C(=O)c1c[nH]c(=O)n(C)c1=O. The molecule has 1 unspecified atom stereocenters. The number of H-pyrrole nitrogens is 1. The first-order chi connectivity index (χ1) is 9.25. The van der Waals surface area contributed by atoms with Crippen molar-refractivity contribution >= 4 is 5.91 Å². The number of hydrogen-bond acceptors (Lipinski definition) is 4. The molecule has 20 heavy (non-hydrogen) atoms. The van der Waals surface area contributed by atoms with Crippen LogP contribution in [0.3, 0.4) is 0 Å². The zero-order valence-corrected chi connectivity index (χ0v) is 12.3. The van der Waals surface area contributed by atoms with Crippen LogP contribution in [0.4, 0.5) is 0 Å². The fourth-order valence-corrected chi connectivity index (χ4v) is 1.70. The van der Waals surface area contributed by atoms with Gasteiger partial charge >= 0.3 is 5.69 Å². The average molecular weight is 282 g/mol. The number of rotatable bonds is 5. The summed E-state index contributed by atoms with van der Waals surface area (Å²) in [7, 11) is 2.94. The molecule has 0 saturated carbocycles. The Balaban J connectivity index is 2.83. The van der Waals surface area contributed by atoms with Gasteiger partial charge in [0.25, 0.3) is 11.5 Å². The molecule has 7 nitrogen and oxygen atoms in total. The predicted molar refractivity (Wildman–Crippen MR) is 76.7 cm³/mol. The molecule has 0 spiro atoms. The van der Waals surface area contributed by atoms with Crippen molar-refractivity contribution in [2.45, 2.75) is 26.3 Å². The first-order valence-corrected chi connectivity index (χ1v) is 6.55. The van der Waals surface area contributed by atoms with Crippen molar-refractivity contribution in [1.29, 1.82) is 0 Å². The van der Waals surface area contributed by atoms with Gasteiger partial charge in [-0.1, -0.05) is 13.8 Å². The Kier molecular flexibility index (Phi) is 5.26. The highest BCUT2D eigenvalue weighted by Gasteiger charge is 2.18. The monoisotopic (exact) mass is 282 g/mol. The van der Waals surface area contributed by atoms with Gasteiger partial charge in [-0.3, -0.25) is 14.2 Å². The second-order valence-electron chi connectivity index (χ2n) is 5.29. The van der Waals surface area contributed by atoms with E-state index in [1.54, 1.807) is 7.05 Å². The Labute approximate surface area is 117 Å². The van der Waals surface area contributed by atoms with Gasteiger partial charge in [0.2, 0.25) is 0 Å². The minimum absolute atomic E-state index is 0.00339. The number of nitrogens with one attached hydrogen (secondary N) is 1. The summed E-state index contributed by atoms with van der Waals surface area (Å²) in [4.78, 5) is 39.1. The minimum Gasteiger partial charge on any atom is -0.341 e. The Bertz CT molecular complexity index is 588. The zero-order valence-electron chi connectivity index (χ0n) is 12.3. The highest BCUT2D eigenvalue weighted by molar-refractivity contribution is 5.93. The fourth-order valence-electron chi connectivity index (χ4n) is 1.70. The topological polar surface area (TPSA) is 101 Å². The molecule has 1 amide bonds. The number of carbonyl (C=O) groups excluding carboxylic acids is 1. The summed E-state index contributed by atoms with van der Waals surface area (Å²) >= 11 is 0. The molecule has 0 aliphatic carbocycles. The first-order valence-electron chi connectivity index (χ1n) is 6.55. The lowest BCUT2D eigenvalue weighted by molar-refractivity contribution is 0.0786. The maximum atomic E-state index is 12.2. The van der Waals surface area contributed by atoms with E-state index in [1.165, 1.54) is 11.9 Å². The van der Waals surface area contributed by atoms with Crippen LogP contribution in [0.1, 0.15) is 30.6 Å². The van der Waals surface area contributed by atoms with E-state index < -0.39 is 17.2 Å². The second kappa shape index (κ2) is 6.51. The number of aromatic nitrogens is 2. The molecule has 112 valence electrons. The van der Waals surface area contributed by atoms with Crippen LogP contribution >= 0.6 is 0 Å². The van der Waals surface area contributed by atoms with Crippen molar-refractivity contribution in [3.8, 4) is 0 Å². The van der Waals surface area contributed by atoms with Crippen molar-refractivity contribution < 1.29 is 4.79 Å². The van der Waals surface area contributed by atoms with Crippen LogP contribution in [0.5, 0.6) is 0 Å². The van der Waals surface area contributed by atoms with E-state index in [4.69, 9.17) is 5.73 Å². The largest absolute Gasteiger partial charge is 0.341 e. The number of nitrogens with zero attached hydrogens (tertiary/aromatic N) is 2. The van der Waals surface area contributed by atoms with Gasteiger partial charge in [0.1, 0.15) is 5.56 Å². The maximum absolute atomic E-state index is 12.2. The fraction of sp³-hybridized carbons (Fsp3) is 0.615. The summed E-state index contributed by atoms with van der Waals surface area (Å²) in [5.41, 5.74) is 4.73. The maximum Gasteiger partial charge on any atom is 0.328 e. The molecule has 0 saturated heterocycles. The van der Waals surface area contributed by atoms with Crippen LogP contribution in [0, 0.1) is 5.92 Å². The molecule has 1 heterocycles. The van der Waals surface area contributed by atoms with Crippen molar-refractivity contribution in [2.24, 2.45) is 18.7 Å². The molecule has 0 bridgehead atoms. The summed E-state index contributed by atoms with van der Waals surface area (Å²) in [6.45, 7) is 4.49. The summed E-state index contributed by atoms with van der Waals surface area (Å²) in [6, 6.07) is 0.00339. The van der Waals surface area contributed by atoms with Gasteiger partial charge < -0.3 is 15.6 Å². The molecule has 0 aromatic carbocycles. The number of hydrogen-bond donors (Lipinski definition) is 2. The molecule has 0 aliphatic heterocycles. The van der Waals surface area contributed by atoms with E-state index >= 15 is 0 Å². The Morgan fingerprint density at radius 3 is 2.60 bits per heavy atom. The Morgan fingerprint density at radius 2 is 2.05 bits per heavy atom. The van der Waals surface area contributed by atoms with E-state index in [0.717, 1.165) is 10.8 Å². The zero-order chi connectivity index (χ0) is 15.4. The molecule has 0 aliphatic rings. The number of amides is 1. The third-order valence-corrected chi connectivity index (χ3v) is 3.41. The highest BCUT2D eigenvalue weighted by Crippen LogP contribution is 2.05. The van der Waals surface area contributed by atoms with Crippen LogP contribution in [0.15, 0.2) is 15.8 Å². The van der Waals surface area contributed by atoms with Gasteiger partial charge in [0.15, 0.2) is 0 Å². The van der Waals surface area contributed by atoms with Gasteiger partial charge in [-0.2, -0.15) is 0 Å². The molecular formula is C13H22N4O3. The standard InChI is InChI=1S/C13H22N4O3/c1-8(2)10(14)5-6-16(3)11(18)9-7-15-13(20)17(4)12(9)19/h7-8,10H,5-6,14H2,1-4H3,(H,15,20). The lowest BCUT2D eigenvalue weighted by Gasteiger charge is -2.21. The van der Waals surface area contributed by atoms with E-state index in [2.05, 4.69) is 4.98 Å². The molecule has 3 N–H and O–H groups in total. The van der Waals surface area contributed by atoms with Crippen molar-refractivity contribution in [3.05, 3.63) is 32.6 Å². The number of nitrogens with two attached hydrogens (primary N) is 1. The Hall–Kier alpha value is -1.89. The highest BCUT2D eigenvalue weighted by atomic mass is 16.2. The molecule has 1 rings (SSSR count). The third kappa shape index (κ3) is 3.57. The van der Waals surface area contributed by atoms with Gasteiger partial charge in [0.05, 0.1) is 0 Å². The van der Waals surface area contributed by atoms with Crippen LogP contribution < -0.4 is 17.0 Å². The van der Waals surface area contributed by atoms with Crippen molar-refractivity contribution in [1.82, 2.24) is 14.5 Å². The molecule has 1 aromatic heterocycles. The van der Waals surface area contributed by atoms with Crippen LogP contribution in [-0.4, -0.2) is 40.0 Å². The average Bonchev–Trinajstić information content (AvgIpc) is 2.41. The molecule has 0 radical (unpaired) electrons. The summed E-state index contributed by atoms with van der Waals surface area (Å²) in [5, 5.41) is 0. The van der Waals surface area contributed by atoms with E-state index in [1.807, 2.05) is 13.8 Å². The van der Waals surface area contributed by atoms with Crippen LogP contribution in [0.25, 0.3) is 0 Å². The lowest BCUT2D eigenvalue weighted by atomic mass is 10.0. The van der Waals surface area contributed by atoms with E-state index in [9.17, 15) is 14.4 Å². The van der Waals surface area contributed by atoms with Crippen LogP contribution in [-0.2, 0) is 7.05 Å². The van der Waals surface area contributed by atoms with Gasteiger partial charge in [-0.05, 0) is 12.3 Å². The predicted octanol–water partition coefficient (Wildman–Crippen LogP) is -0.481. The molecular weight excluding hydrogens is 260 g/mol. The normalized spacial score (nSPS) is 12.5. The van der Waals surface area contributed by atoms with Crippen molar-refractivity contribution in [3.63, 3.8) is 0 Å². The van der Waals surface area contributed by atoms with Crippen LogP contribution in [0.2, 0.25) is 0 Å². The quantitative estimate of drug-likeness (QED) is 0.761. The van der Waals surface area contributed by atoms with Gasteiger partial charge in [-0.25, -0.2) is 4.79 Å². The van der Waals surface area contributed by atoms with Crippen molar-refractivity contribution in [2.75, 3.05) is 13.6 Å². The lowest BCUT2D eigenvalue weighted by Crippen LogP contribution is -2.41. The van der Waals surface area contributed by atoms with E-state index in [-0.39, 0.29) is 11.6 Å². The molecule has 1 atom stereocenters. The number of carbonyl (C=O) groups is 1. The smallest absolute Gasteiger partial charge is 0.328 e. The second-order valence-corrected chi connectivity index (χ2v) is 5.29. The summed E-state index contributed by atoms with van der Waals surface area (Å²) in [5.74, 6) is -0.0859. The van der Waals surface area contributed by atoms with E-state index in [0.29, 0.717) is 18.9 Å². The third-order valence-electron chi connectivity index (χ3n) is 3.41. The summed E-state index contributed by atoms with van der Waals surface area (Å²) < 4.78 is 0.876. The molecule has 0 fully saturated rings. The minimum atomic E-state index is -0.598. The number of aromatic amines is 1. The van der Waals surface area contributed by atoms with Gasteiger partial charge in [0, 0.05) is 32.9 Å². The molecule has 7 heteroatoms. The van der Waals surface area contributed by atoms with Gasteiger partial charge in [-0.15, -0.1) is 0 Å². The first kappa shape index (κ1) is 16.2. The Morgan fingerprint density at radius 1 is 1.45 bits per heavy atom. The summed E-state index contributed by atoms with van der Waals surface area (Å²) in [6.07, 6.45) is 1.81.